The number of benzene rings is 2. The number of amides is 2. The molecule has 4 aromatic rings. The van der Waals surface area contributed by atoms with Crippen molar-refractivity contribution in [2.75, 3.05) is 24.4 Å². The lowest BCUT2D eigenvalue weighted by Gasteiger charge is -2.41. The van der Waals surface area contributed by atoms with Crippen LogP contribution in [0.15, 0.2) is 85.6 Å². The van der Waals surface area contributed by atoms with Crippen LogP contribution in [0.2, 0.25) is 0 Å². The molecule has 0 aliphatic carbocycles. The fraction of sp³-hybridized carbons (Fsp3) is 0.214. The largest absolute Gasteiger partial charge is 0.497 e. The van der Waals surface area contributed by atoms with Crippen LogP contribution in [-0.4, -0.2) is 40.6 Å². The predicted molar refractivity (Wildman–Crippen MR) is 139 cm³/mol. The number of aromatic nitrogens is 3. The molecular weight excluding hydrogens is 470 g/mol. The maximum absolute atomic E-state index is 13.7. The van der Waals surface area contributed by atoms with Gasteiger partial charge in [0.15, 0.2) is 0 Å². The number of nitrogens with one attached hydrogen (secondary N) is 1. The second-order valence-corrected chi connectivity index (χ2v) is 8.66. The minimum atomic E-state index is -0.566. The van der Waals surface area contributed by atoms with Crippen molar-refractivity contribution in [1.29, 1.82) is 0 Å². The summed E-state index contributed by atoms with van der Waals surface area (Å²) in [5.74, 6) is 1.21. The molecule has 9 heteroatoms. The number of methoxy groups -OCH3 is 2. The van der Waals surface area contributed by atoms with Crippen LogP contribution in [0.4, 0.5) is 11.4 Å². The van der Waals surface area contributed by atoms with Crippen molar-refractivity contribution in [3.05, 3.63) is 91.1 Å². The Kier molecular flexibility index (Phi) is 6.85. The Bertz CT molecular complexity index is 1370. The van der Waals surface area contributed by atoms with Gasteiger partial charge in [0.1, 0.15) is 23.6 Å². The highest BCUT2D eigenvalue weighted by molar-refractivity contribution is 6.00. The number of piperidine rings is 1. The second kappa shape index (κ2) is 10.5. The highest BCUT2D eigenvalue weighted by atomic mass is 16.5. The number of rotatable bonds is 7. The van der Waals surface area contributed by atoms with Crippen LogP contribution in [0.1, 0.15) is 24.4 Å². The quantitative estimate of drug-likeness (QED) is 0.406. The van der Waals surface area contributed by atoms with Crippen LogP contribution in [0, 0.1) is 5.92 Å². The molecular formula is C28H27N5O4. The topological polar surface area (TPSA) is 98.6 Å². The van der Waals surface area contributed by atoms with E-state index >= 15 is 0 Å². The third-order valence-corrected chi connectivity index (χ3v) is 6.53. The fourth-order valence-electron chi connectivity index (χ4n) is 4.72. The van der Waals surface area contributed by atoms with Gasteiger partial charge in [0.25, 0.3) is 0 Å². The van der Waals surface area contributed by atoms with Gasteiger partial charge in [0, 0.05) is 30.1 Å². The van der Waals surface area contributed by atoms with Gasteiger partial charge in [-0.05, 0) is 48.9 Å². The summed E-state index contributed by atoms with van der Waals surface area (Å²) in [6.45, 7) is 0. The molecule has 9 nitrogen and oxygen atoms in total. The minimum absolute atomic E-state index is 0.0588. The number of nitrogens with zero attached hydrogens (tertiary/aromatic N) is 4. The van der Waals surface area contributed by atoms with Crippen molar-refractivity contribution in [1.82, 2.24) is 14.5 Å². The van der Waals surface area contributed by atoms with E-state index in [2.05, 4.69) is 15.3 Å². The fourth-order valence-corrected chi connectivity index (χ4v) is 4.72. The lowest BCUT2D eigenvalue weighted by molar-refractivity contribution is -0.126. The molecule has 0 spiro atoms. The highest BCUT2D eigenvalue weighted by Crippen LogP contribution is 2.43. The summed E-state index contributed by atoms with van der Waals surface area (Å²) in [7, 11) is 3.18. The summed E-state index contributed by atoms with van der Waals surface area (Å²) < 4.78 is 12.7. The molecule has 2 aromatic carbocycles. The summed E-state index contributed by atoms with van der Waals surface area (Å²) in [6, 6.07) is 17.8. The van der Waals surface area contributed by atoms with E-state index in [1.54, 1.807) is 66.8 Å². The van der Waals surface area contributed by atoms with Crippen LogP contribution < -0.4 is 19.7 Å². The van der Waals surface area contributed by atoms with Crippen molar-refractivity contribution in [3.8, 4) is 17.3 Å². The molecule has 37 heavy (non-hydrogen) atoms. The summed E-state index contributed by atoms with van der Waals surface area (Å²) in [5.41, 5.74) is 2.02. The molecule has 2 amide bonds. The molecule has 0 bridgehead atoms. The van der Waals surface area contributed by atoms with Crippen molar-refractivity contribution in [2.45, 2.75) is 18.9 Å². The summed E-state index contributed by atoms with van der Waals surface area (Å²) in [6.07, 6.45) is 7.39. The number of hydrogen-bond donors (Lipinski definition) is 1. The number of hydrogen-bond acceptors (Lipinski definition) is 6. The van der Waals surface area contributed by atoms with Crippen molar-refractivity contribution in [2.24, 2.45) is 5.92 Å². The Labute approximate surface area is 214 Å². The van der Waals surface area contributed by atoms with Crippen molar-refractivity contribution < 1.29 is 19.1 Å². The van der Waals surface area contributed by atoms with E-state index in [0.717, 1.165) is 5.56 Å². The molecule has 3 heterocycles. The standard InChI is InChI=1S/C28H27N5O4/c1-36-21-10-8-20(9-11-21)33-26(34)14-12-23(27(33)22-5-3-4-6-24(22)37-2)28(35)31-19-7-13-25(30-17-19)32-16-15-29-18-32/h3-11,13,15-18,23,27H,12,14H2,1-2H3,(H,31,35)/t23-,27+/m0/s1. The maximum Gasteiger partial charge on any atom is 0.229 e. The van der Waals surface area contributed by atoms with Crippen LogP contribution >= 0.6 is 0 Å². The lowest BCUT2D eigenvalue weighted by Crippen LogP contribution is -2.47. The number of pyridine rings is 1. The Morgan fingerprint density at radius 1 is 1.03 bits per heavy atom. The molecule has 2 atom stereocenters. The molecule has 5 rings (SSSR count). The first-order valence-electron chi connectivity index (χ1n) is 11.9. The lowest BCUT2D eigenvalue weighted by atomic mass is 9.82. The number of carbonyl (C=O) groups excluding carboxylic acids is 2. The van der Waals surface area contributed by atoms with Crippen LogP contribution in [0.5, 0.6) is 11.5 Å². The second-order valence-electron chi connectivity index (χ2n) is 8.66. The van der Waals surface area contributed by atoms with Crippen LogP contribution in [0.3, 0.4) is 0 Å². The van der Waals surface area contributed by atoms with E-state index in [1.165, 1.54) is 0 Å². The van der Waals surface area contributed by atoms with Gasteiger partial charge in [-0.3, -0.25) is 14.2 Å². The molecule has 0 unspecified atom stereocenters. The average molecular weight is 498 g/mol. The van der Waals surface area contributed by atoms with Gasteiger partial charge in [-0.15, -0.1) is 0 Å². The number of ether oxygens (including phenoxy) is 2. The Morgan fingerprint density at radius 2 is 1.84 bits per heavy atom. The first-order valence-corrected chi connectivity index (χ1v) is 11.9. The Hall–Kier alpha value is -4.66. The van der Waals surface area contributed by atoms with Crippen LogP contribution in [-0.2, 0) is 9.59 Å². The van der Waals surface area contributed by atoms with Gasteiger partial charge in [0.05, 0.1) is 38.1 Å². The smallest absolute Gasteiger partial charge is 0.229 e. The molecule has 1 saturated heterocycles. The van der Waals surface area contributed by atoms with E-state index < -0.39 is 12.0 Å². The average Bonchev–Trinajstić information content (AvgIpc) is 3.48. The minimum Gasteiger partial charge on any atom is -0.497 e. The van der Waals surface area contributed by atoms with Crippen LogP contribution in [0.25, 0.3) is 5.82 Å². The van der Waals surface area contributed by atoms with E-state index in [1.807, 2.05) is 42.5 Å². The zero-order valence-corrected chi connectivity index (χ0v) is 20.6. The zero-order valence-electron chi connectivity index (χ0n) is 20.6. The molecule has 2 aromatic heterocycles. The molecule has 188 valence electrons. The Morgan fingerprint density at radius 3 is 2.51 bits per heavy atom. The normalized spacial score (nSPS) is 17.4. The van der Waals surface area contributed by atoms with Gasteiger partial charge < -0.3 is 19.7 Å². The molecule has 1 aliphatic rings. The molecule has 0 radical (unpaired) electrons. The number of imidazole rings is 1. The van der Waals surface area contributed by atoms with E-state index in [-0.39, 0.29) is 18.2 Å². The van der Waals surface area contributed by atoms with E-state index in [9.17, 15) is 9.59 Å². The van der Waals surface area contributed by atoms with Gasteiger partial charge >= 0.3 is 0 Å². The third kappa shape index (κ3) is 4.88. The van der Waals surface area contributed by atoms with Gasteiger partial charge in [-0.1, -0.05) is 18.2 Å². The van der Waals surface area contributed by atoms with E-state index in [4.69, 9.17) is 9.47 Å². The van der Waals surface area contributed by atoms with E-state index in [0.29, 0.717) is 35.1 Å². The zero-order chi connectivity index (χ0) is 25.8. The number of anilines is 2. The maximum atomic E-state index is 13.7. The van der Waals surface area contributed by atoms with Gasteiger partial charge in [0.2, 0.25) is 11.8 Å². The first-order chi connectivity index (χ1) is 18.1. The number of para-hydroxylation sites is 1. The third-order valence-electron chi connectivity index (χ3n) is 6.53. The van der Waals surface area contributed by atoms with Gasteiger partial charge in [-0.25, -0.2) is 9.97 Å². The predicted octanol–water partition coefficient (Wildman–Crippen LogP) is 4.41. The molecule has 1 N–H and O–H groups in total. The van der Waals surface area contributed by atoms with Crippen molar-refractivity contribution >= 4 is 23.2 Å². The molecule has 1 aliphatic heterocycles. The highest BCUT2D eigenvalue weighted by Gasteiger charge is 2.42. The summed E-state index contributed by atoms with van der Waals surface area (Å²) >= 11 is 0. The van der Waals surface area contributed by atoms with Gasteiger partial charge in [-0.2, -0.15) is 0 Å². The number of carbonyl (C=O) groups is 2. The SMILES string of the molecule is COc1ccc(N2C(=O)CC[C@H](C(=O)Nc3ccc(-n4ccnc4)nc3)[C@H]2c2ccccc2OC)cc1. The first kappa shape index (κ1) is 24.1. The van der Waals surface area contributed by atoms with Crippen molar-refractivity contribution in [3.63, 3.8) is 0 Å². The summed E-state index contributed by atoms with van der Waals surface area (Å²) in [5, 5.41) is 3.00. The monoisotopic (exact) mass is 497 g/mol. The Balaban J connectivity index is 1.49. The molecule has 0 saturated carbocycles. The molecule has 1 fully saturated rings. The summed E-state index contributed by atoms with van der Waals surface area (Å²) in [4.78, 5) is 37.2.